The maximum atomic E-state index is 5.37. The Morgan fingerprint density at radius 3 is 0.968 bits per heavy atom. The Morgan fingerprint density at radius 2 is 0.516 bits per heavy atom. The Hall–Kier alpha value is -16.1. The summed E-state index contributed by atoms with van der Waals surface area (Å²) < 4.78 is 9.61. The van der Waals surface area contributed by atoms with Crippen molar-refractivity contribution in [2.24, 2.45) is 0 Å². The van der Waals surface area contributed by atoms with E-state index in [4.69, 9.17) is 39.9 Å². The number of fused-ring (bicyclic) bond motifs is 12. The quantitative estimate of drug-likeness (QED) is 0.106. The number of nitrogens with zero attached hydrogens (tertiary/aromatic N) is 10. The predicted octanol–water partition coefficient (Wildman–Crippen LogP) is 29.5. The summed E-state index contributed by atoms with van der Waals surface area (Å²) in [5, 5.41) is 9.82. The molecule has 8 aromatic heterocycles. The first kappa shape index (κ1) is 73.1. The van der Waals surface area contributed by atoms with E-state index in [2.05, 4.69) is 288 Å². The molecule has 0 aliphatic carbocycles. The first-order valence-electron chi connectivity index (χ1n) is 41.4. The third-order valence-corrected chi connectivity index (χ3v) is 25.7. The van der Waals surface area contributed by atoms with Crippen LogP contribution in [0.3, 0.4) is 0 Å². The van der Waals surface area contributed by atoms with Gasteiger partial charge in [0, 0.05) is 141 Å². The minimum atomic E-state index is 0.563. The number of hydrogen-bond donors (Lipinski definition) is 0. The van der Waals surface area contributed by atoms with Gasteiger partial charge >= 0.3 is 0 Å². The lowest BCUT2D eigenvalue weighted by Gasteiger charge is -2.14. The fraction of sp³-hybridized carbons (Fsp3) is 0. The van der Waals surface area contributed by atoms with Gasteiger partial charge in [0.2, 0.25) is 0 Å². The summed E-state index contributed by atoms with van der Waals surface area (Å²) in [6, 6.07) is 145. The van der Waals surface area contributed by atoms with Crippen LogP contribution >= 0.6 is 22.7 Å². The van der Waals surface area contributed by atoms with Crippen molar-refractivity contribution in [1.82, 2.24) is 49.0 Å². The molecule has 0 N–H and O–H groups in total. The van der Waals surface area contributed by atoms with E-state index in [-0.39, 0.29) is 0 Å². The van der Waals surface area contributed by atoms with Gasteiger partial charge in [0.1, 0.15) is 0 Å². The lowest BCUT2D eigenvalue weighted by Crippen LogP contribution is -2.02. The summed E-state index contributed by atoms with van der Waals surface area (Å²) in [5.41, 5.74) is 24.7. The number of benzene rings is 16. The molecule has 0 unspecified atom stereocenters. The fourth-order valence-corrected chi connectivity index (χ4v) is 19.9. The second-order valence-corrected chi connectivity index (χ2v) is 33.1. The normalized spacial score (nSPS) is 11.5. The van der Waals surface area contributed by atoms with Crippen LogP contribution in [0, 0.1) is 0 Å². The van der Waals surface area contributed by atoms with Crippen LogP contribution in [0.15, 0.2) is 425 Å². The molecule has 0 saturated heterocycles. The lowest BCUT2D eigenvalue weighted by atomic mass is 9.96. The van der Waals surface area contributed by atoms with E-state index < -0.39 is 0 Å². The highest BCUT2D eigenvalue weighted by Gasteiger charge is 2.26. The molecule has 24 aromatic rings. The van der Waals surface area contributed by atoms with E-state index in [0.717, 1.165) is 112 Å². The van der Waals surface area contributed by atoms with Gasteiger partial charge < -0.3 is 9.13 Å². The van der Waals surface area contributed by atoms with E-state index in [0.29, 0.717) is 34.9 Å². The summed E-state index contributed by atoms with van der Waals surface area (Å²) in [4.78, 5) is 41.6. The Balaban J connectivity index is 0.000000143. The smallest absolute Gasteiger partial charge is 0.166 e. The fourth-order valence-electron chi connectivity index (χ4n) is 17.4. The Kier molecular flexibility index (Phi) is 18.4. The molecular formula is C112H70N10S2. The highest BCUT2D eigenvalue weighted by molar-refractivity contribution is 7.26. The Morgan fingerprint density at radius 1 is 0.177 bits per heavy atom. The van der Waals surface area contributed by atoms with Crippen LogP contribution in [0.4, 0.5) is 0 Å². The summed E-state index contributed by atoms with van der Waals surface area (Å²) in [7, 11) is 0. The molecule has 10 nitrogen and oxygen atoms in total. The van der Waals surface area contributed by atoms with Crippen molar-refractivity contribution < 1.29 is 0 Å². The minimum absolute atomic E-state index is 0.563. The monoisotopic (exact) mass is 1620 g/mol. The number of aromatic nitrogens is 10. The second-order valence-electron chi connectivity index (χ2n) is 30.9. The Labute approximate surface area is 722 Å². The van der Waals surface area contributed by atoms with E-state index in [1.807, 2.05) is 169 Å². The third kappa shape index (κ3) is 13.4. The van der Waals surface area contributed by atoms with Gasteiger partial charge in [0.05, 0.1) is 33.5 Å². The summed E-state index contributed by atoms with van der Waals surface area (Å²) in [5.74, 6) is 3.55. The van der Waals surface area contributed by atoms with E-state index in [9.17, 15) is 0 Å². The van der Waals surface area contributed by atoms with Gasteiger partial charge in [-0.1, -0.05) is 322 Å². The van der Waals surface area contributed by atoms with E-state index >= 15 is 0 Å². The molecule has 16 aromatic carbocycles. The van der Waals surface area contributed by atoms with Crippen molar-refractivity contribution in [3.63, 3.8) is 0 Å². The molecule has 8 heterocycles. The van der Waals surface area contributed by atoms with Gasteiger partial charge in [-0.25, -0.2) is 29.9 Å². The third-order valence-electron chi connectivity index (χ3n) is 23.4. The molecule has 0 radical (unpaired) electrons. The molecule has 12 heteroatoms. The van der Waals surface area contributed by atoms with Gasteiger partial charge in [0.15, 0.2) is 34.9 Å². The first-order valence-corrected chi connectivity index (χ1v) is 43.0. The van der Waals surface area contributed by atoms with Crippen LogP contribution in [0.1, 0.15) is 0 Å². The standard InChI is InChI=1S/2C56H35N5S/c1-5-17-36(18-6-1)39-23-15-24-40(31-39)41-32-48(56-59-54(37-19-7-2-8-20-37)58-55(60-56)38-21-9-3-10-22-38)52(57-35-41)45-29-16-28-44-47-33-50-46(34-51(47)62-53(44)45)43-27-13-14-30-49(43)61(50)42-25-11-4-12-26-42;1-5-16-36(17-6-1)39-22-15-23-40(30-39)42-31-48(56-59-54(37-18-7-2-8-19-37)58-55(60-56)38-20-9-3-10-21-38)53(57-35-42)41-28-29-45-47-33-50-46(34-52(47)62-51(45)32-41)44-26-13-14-27-49(44)61(50)43-24-11-4-12-25-43/h2*1-35H. The van der Waals surface area contributed by atoms with Crippen LogP contribution in [0.2, 0.25) is 0 Å². The summed E-state index contributed by atoms with van der Waals surface area (Å²) in [6.07, 6.45) is 3.98. The lowest BCUT2D eigenvalue weighted by molar-refractivity contribution is 1.07. The first-order chi connectivity index (χ1) is 61.4. The molecule has 24 rings (SSSR count). The molecule has 0 spiro atoms. The zero-order valence-corrected chi connectivity index (χ0v) is 68.3. The Bertz CT molecular complexity index is 8090. The van der Waals surface area contributed by atoms with Crippen molar-refractivity contribution in [1.29, 1.82) is 0 Å². The molecular weight excluding hydrogens is 1550 g/mol. The maximum absolute atomic E-state index is 5.37. The highest BCUT2D eigenvalue weighted by atomic mass is 32.1. The van der Waals surface area contributed by atoms with Crippen LogP contribution in [-0.2, 0) is 0 Å². The number of hydrogen-bond acceptors (Lipinski definition) is 10. The van der Waals surface area contributed by atoms with Crippen LogP contribution in [0.25, 0.3) is 231 Å². The van der Waals surface area contributed by atoms with Crippen molar-refractivity contribution in [3.8, 4) is 147 Å². The number of para-hydroxylation sites is 4. The second kappa shape index (κ2) is 31.2. The van der Waals surface area contributed by atoms with Gasteiger partial charge in [-0.2, -0.15) is 0 Å². The van der Waals surface area contributed by atoms with Gasteiger partial charge in [-0.15, -0.1) is 22.7 Å². The van der Waals surface area contributed by atoms with Crippen LogP contribution in [-0.4, -0.2) is 49.0 Å². The summed E-state index contributed by atoms with van der Waals surface area (Å²) in [6.45, 7) is 0. The zero-order valence-electron chi connectivity index (χ0n) is 66.7. The molecule has 0 saturated carbocycles. The van der Waals surface area contributed by atoms with Gasteiger partial charge in [-0.3, -0.25) is 9.97 Å². The molecule has 580 valence electrons. The number of thiophene rings is 2. The predicted molar refractivity (Wildman–Crippen MR) is 515 cm³/mol. The molecule has 0 amide bonds. The molecule has 0 aliphatic heterocycles. The maximum Gasteiger partial charge on any atom is 0.166 e. The highest BCUT2D eigenvalue weighted by Crippen LogP contribution is 2.48. The van der Waals surface area contributed by atoms with Gasteiger partial charge in [-0.05, 0) is 124 Å². The van der Waals surface area contributed by atoms with Crippen molar-refractivity contribution >= 4 is 107 Å². The SMILES string of the molecule is c1ccc(-c2cccc(-c3cnc(-c4ccc5c(c4)sc4cc6c7ccccc7n(-c7ccccc7)c6cc45)c(-c4nc(-c5ccccc5)nc(-c5ccccc5)n4)c3)c2)cc1.c1ccc(-c2cccc(-c3cnc(-c4cccc5c4sc4cc6c7ccccc7n(-c7ccccc7)c6cc45)c(-c4nc(-c5ccccc5)nc(-c5ccccc5)n4)c3)c2)cc1. The van der Waals surface area contributed by atoms with Crippen LogP contribution in [0.5, 0.6) is 0 Å². The van der Waals surface area contributed by atoms with E-state index in [1.165, 1.54) is 84.0 Å². The minimum Gasteiger partial charge on any atom is -0.309 e. The topological polar surface area (TPSA) is 113 Å². The molecule has 0 aliphatic rings. The number of pyridine rings is 2. The molecule has 0 fully saturated rings. The zero-order chi connectivity index (χ0) is 82.0. The molecule has 124 heavy (non-hydrogen) atoms. The van der Waals surface area contributed by atoms with Gasteiger partial charge in [0.25, 0.3) is 0 Å². The number of rotatable bonds is 14. The van der Waals surface area contributed by atoms with Crippen molar-refractivity contribution in [2.75, 3.05) is 0 Å². The van der Waals surface area contributed by atoms with Crippen LogP contribution < -0.4 is 0 Å². The average molecular weight is 1620 g/mol. The van der Waals surface area contributed by atoms with Crippen molar-refractivity contribution in [3.05, 3.63) is 425 Å². The molecule has 0 bridgehead atoms. The largest absolute Gasteiger partial charge is 0.309 e. The molecule has 0 atom stereocenters. The van der Waals surface area contributed by atoms with Crippen molar-refractivity contribution in [2.45, 2.75) is 0 Å². The van der Waals surface area contributed by atoms with E-state index in [1.54, 1.807) is 0 Å². The summed E-state index contributed by atoms with van der Waals surface area (Å²) >= 11 is 3.63. The average Bonchev–Trinajstić information content (AvgIpc) is 1.56.